The zero-order valence-corrected chi connectivity index (χ0v) is 20.7. The number of amides is 1. The molecule has 0 saturated heterocycles. The molecule has 1 atom stereocenters. The van der Waals surface area contributed by atoms with Crippen molar-refractivity contribution in [2.75, 3.05) is 19.5 Å². The second-order valence-corrected chi connectivity index (χ2v) is 9.78. The lowest BCUT2D eigenvalue weighted by Crippen LogP contribution is -2.39. The van der Waals surface area contributed by atoms with Crippen LogP contribution in [0.5, 0.6) is 11.5 Å². The maximum atomic E-state index is 13.8. The molecule has 0 spiro atoms. The molecule has 0 radical (unpaired) electrons. The van der Waals surface area contributed by atoms with E-state index in [2.05, 4.69) is 24.5 Å². The number of carbonyl (C=O) groups excluding carboxylic acids is 2. The van der Waals surface area contributed by atoms with Gasteiger partial charge in [-0.3, -0.25) is 9.59 Å². The van der Waals surface area contributed by atoms with Gasteiger partial charge < -0.3 is 20.1 Å². The second-order valence-electron chi connectivity index (χ2n) is 9.78. The predicted molar refractivity (Wildman–Crippen MR) is 133 cm³/mol. The molecule has 2 aliphatic rings. The van der Waals surface area contributed by atoms with E-state index in [9.17, 15) is 9.59 Å². The Hall–Kier alpha value is -3.54. The molecule has 178 valence electrons. The minimum Gasteiger partial charge on any atom is -0.493 e. The first-order chi connectivity index (χ1) is 16.2. The van der Waals surface area contributed by atoms with E-state index in [1.165, 1.54) is 0 Å². The SMILES string of the molecule is COc1cccc(C2C(C(=O)Nc3ccccc3C)=C(C)NC3=C2C(=O)CC(C)(C)C3)c1OC. The molecule has 2 aromatic carbocycles. The van der Waals surface area contributed by atoms with E-state index >= 15 is 0 Å². The summed E-state index contributed by atoms with van der Waals surface area (Å²) in [6, 6.07) is 13.2. The fourth-order valence-corrected chi connectivity index (χ4v) is 5.09. The lowest BCUT2D eigenvalue weighted by Gasteiger charge is -2.40. The van der Waals surface area contributed by atoms with Gasteiger partial charge in [0.25, 0.3) is 5.91 Å². The van der Waals surface area contributed by atoms with E-state index in [0.717, 1.165) is 34.6 Å². The van der Waals surface area contributed by atoms with E-state index in [-0.39, 0.29) is 17.1 Å². The summed E-state index contributed by atoms with van der Waals surface area (Å²) in [5.74, 6) is 0.297. The van der Waals surface area contributed by atoms with Crippen LogP contribution in [-0.4, -0.2) is 25.9 Å². The lowest BCUT2D eigenvalue weighted by atomic mass is 9.68. The number of hydrogen-bond acceptors (Lipinski definition) is 5. The van der Waals surface area contributed by atoms with Gasteiger partial charge >= 0.3 is 0 Å². The smallest absolute Gasteiger partial charge is 0.254 e. The third-order valence-electron chi connectivity index (χ3n) is 6.62. The Kier molecular flexibility index (Phi) is 6.26. The van der Waals surface area contributed by atoms with Crippen LogP contribution in [0.3, 0.4) is 0 Å². The minimum atomic E-state index is -0.575. The van der Waals surface area contributed by atoms with Crippen LogP contribution in [-0.2, 0) is 9.59 Å². The molecule has 1 aliphatic heterocycles. The summed E-state index contributed by atoms with van der Waals surface area (Å²) in [6.07, 6.45) is 1.14. The summed E-state index contributed by atoms with van der Waals surface area (Å²) in [7, 11) is 3.16. The van der Waals surface area contributed by atoms with Crippen molar-refractivity contribution in [3.63, 3.8) is 0 Å². The average molecular weight is 461 g/mol. The minimum absolute atomic E-state index is 0.0438. The van der Waals surface area contributed by atoms with E-state index in [1.54, 1.807) is 14.2 Å². The Morgan fingerprint density at radius 2 is 1.76 bits per heavy atom. The molecule has 1 heterocycles. The van der Waals surface area contributed by atoms with Crippen molar-refractivity contribution in [1.29, 1.82) is 0 Å². The molecule has 0 saturated carbocycles. The number of rotatable bonds is 5. The summed E-state index contributed by atoms with van der Waals surface area (Å²) >= 11 is 0. The zero-order chi connectivity index (χ0) is 24.6. The van der Waals surface area contributed by atoms with Crippen LogP contribution < -0.4 is 20.1 Å². The van der Waals surface area contributed by atoms with Gasteiger partial charge in [0.15, 0.2) is 17.3 Å². The molecule has 4 rings (SSSR count). The molecule has 6 heteroatoms. The molecule has 1 unspecified atom stereocenters. The predicted octanol–water partition coefficient (Wildman–Crippen LogP) is 5.25. The van der Waals surface area contributed by atoms with Gasteiger partial charge in [0.05, 0.1) is 20.1 Å². The van der Waals surface area contributed by atoms with Crippen LogP contribution in [0.25, 0.3) is 0 Å². The van der Waals surface area contributed by atoms with Crippen molar-refractivity contribution < 1.29 is 19.1 Å². The molecule has 0 fully saturated rings. The third-order valence-corrected chi connectivity index (χ3v) is 6.62. The largest absolute Gasteiger partial charge is 0.493 e. The Morgan fingerprint density at radius 1 is 1.03 bits per heavy atom. The number of aryl methyl sites for hydroxylation is 1. The van der Waals surface area contributed by atoms with Crippen LogP contribution >= 0.6 is 0 Å². The van der Waals surface area contributed by atoms with Crippen LogP contribution in [0.1, 0.15) is 50.7 Å². The molecular weight excluding hydrogens is 428 g/mol. The summed E-state index contributed by atoms with van der Waals surface area (Å²) in [4.78, 5) is 27.3. The Labute approximate surface area is 201 Å². The molecule has 2 aromatic rings. The Morgan fingerprint density at radius 3 is 2.44 bits per heavy atom. The quantitative estimate of drug-likeness (QED) is 0.637. The molecular formula is C28H32N2O4. The van der Waals surface area contributed by atoms with Crippen molar-refractivity contribution in [2.45, 2.75) is 46.5 Å². The van der Waals surface area contributed by atoms with Crippen LogP contribution in [0.15, 0.2) is 65.0 Å². The number of para-hydroxylation sites is 2. The average Bonchev–Trinajstić information content (AvgIpc) is 2.78. The van der Waals surface area contributed by atoms with Gasteiger partial charge in [-0.2, -0.15) is 0 Å². The second kappa shape index (κ2) is 9.01. The number of nitrogens with one attached hydrogen (secondary N) is 2. The summed E-state index contributed by atoms with van der Waals surface area (Å²) in [5.41, 5.74) is 5.01. The zero-order valence-electron chi connectivity index (χ0n) is 20.7. The van der Waals surface area contributed by atoms with E-state index in [0.29, 0.717) is 29.1 Å². The molecule has 34 heavy (non-hydrogen) atoms. The highest BCUT2D eigenvalue weighted by atomic mass is 16.5. The maximum Gasteiger partial charge on any atom is 0.254 e. The van der Waals surface area contributed by atoms with Crippen molar-refractivity contribution in [1.82, 2.24) is 5.32 Å². The number of dihydropyridines is 1. The maximum absolute atomic E-state index is 13.8. The number of hydrogen-bond donors (Lipinski definition) is 2. The lowest BCUT2D eigenvalue weighted by molar-refractivity contribution is -0.118. The van der Waals surface area contributed by atoms with Crippen molar-refractivity contribution >= 4 is 17.4 Å². The fraction of sp³-hybridized carbons (Fsp3) is 0.357. The molecule has 1 amide bonds. The van der Waals surface area contributed by atoms with Crippen molar-refractivity contribution in [2.24, 2.45) is 5.41 Å². The summed E-state index contributed by atoms with van der Waals surface area (Å²) in [6.45, 7) is 8.03. The number of carbonyl (C=O) groups is 2. The number of allylic oxidation sites excluding steroid dienone is 3. The highest BCUT2D eigenvalue weighted by molar-refractivity contribution is 6.10. The Balaban J connectivity index is 1.90. The molecule has 6 nitrogen and oxygen atoms in total. The van der Waals surface area contributed by atoms with Crippen LogP contribution in [0, 0.1) is 12.3 Å². The highest BCUT2D eigenvalue weighted by Crippen LogP contribution is 2.50. The van der Waals surface area contributed by atoms with Crippen LogP contribution in [0.4, 0.5) is 5.69 Å². The molecule has 0 bridgehead atoms. The van der Waals surface area contributed by atoms with Crippen LogP contribution in [0.2, 0.25) is 0 Å². The van der Waals surface area contributed by atoms with Gasteiger partial charge in [-0.25, -0.2) is 0 Å². The Bertz CT molecular complexity index is 1220. The topological polar surface area (TPSA) is 76.7 Å². The summed E-state index contributed by atoms with van der Waals surface area (Å²) < 4.78 is 11.3. The molecule has 0 aromatic heterocycles. The van der Waals surface area contributed by atoms with Gasteiger partial charge in [-0.1, -0.05) is 44.2 Å². The van der Waals surface area contributed by atoms with E-state index < -0.39 is 5.92 Å². The molecule has 2 N–H and O–H groups in total. The number of ether oxygens (including phenoxy) is 2. The standard InChI is InChI=1S/C28H32N2O4/c1-16-10-7-8-12-19(16)30-27(32)23-17(2)29-20-14-28(3,4)15-21(31)25(20)24(23)18-11-9-13-22(33-5)26(18)34-6/h7-13,24,29H,14-15H2,1-6H3,(H,30,32). The number of ketones is 1. The summed E-state index contributed by atoms with van der Waals surface area (Å²) in [5, 5.41) is 6.47. The van der Waals surface area contributed by atoms with Gasteiger partial charge in [-0.05, 0) is 43.4 Å². The first kappa shape index (κ1) is 23.6. The monoisotopic (exact) mass is 460 g/mol. The highest BCUT2D eigenvalue weighted by Gasteiger charge is 2.43. The number of benzene rings is 2. The number of Topliss-reactive ketones (excluding diaryl/α,β-unsaturated/α-hetero) is 1. The van der Waals surface area contributed by atoms with Crippen molar-refractivity contribution in [3.8, 4) is 11.5 Å². The fourth-order valence-electron chi connectivity index (χ4n) is 5.09. The van der Waals surface area contributed by atoms with Gasteiger partial charge in [0.1, 0.15) is 0 Å². The third kappa shape index (κ3) is 4.20. The first-order valence-corrected chi connectivity index (χ1v) is 11.5. The van der Waals surface area contributed by atoms with Crippen molar-refractivity contribution in [3.05, 3.63) is 76.1 Å². The van der Waals surface area contributed by atoms with Gasteiger partial charge in [0.2, 0.25) is 0 Å². The first-order valence-electron chi connectivity index (χ1n) is 11.5. The number of methoxy groups -OCH3 is 2. The van der Waals surface area contributed by atoms with E-state index in [1.807, 2.05) is 56.3 Å². The molecule has 1 aliphatic carbocycles. The van der Waals surface area contributed by atoms with E-state index in [4.69, 9.17) is 9.47 Å². The number of anilines is 1. The van der Waals surface area contributed by atoms with Gasteiger partial charge in [-0.15, -0.1) is 0 Å². The van der Waals surface area contributed by atoms with Gasteiger partial charge in [0, 0.05) is 40.2 Å². The normalized spacial score (nSPS) is 19.4.